The molecule has 0 spiro atoms. The third kappa shape index (κ3) is 17.6. The molecule has 0 bridgehead atoms. The van der Waals surface area contributed by atoms with E-state index in [1.807, 2.05) is 0 Å². The van der Waals surface area contributed by atoms with Gasteiger partial charge < -0.3 is 5.32 Å². The van der Waals surface area contributed by atoms with Crippen molar-refractivity contribution in [1.82, 2.24) is 5.32 Å². The second-order valence-electron chi connectivity index (χ2n) is 0.948. The molecule has 0 heterocycles. The summed E-state index contributed by atoms with van der Waals surface area (Å²) in [6.45, 7) is 6.67. The molecule has 0 aromatic heterocycles. The largest absolute Gasteiger partial charge is 0.530 e. The van der Waals surface area contributed by atoms with E-state index in [4.69, 9.17) is 6.58 Å². The number of hydrogen-bond donors (Lipinski definition) is 1. The van der Waals surface area contributed by atoms with Gasteiger partial charge in [0.15, 0.2) is 0 Å². The molecule has 0 aromatic carbocycles. The van der Waals surface area contributed by atoms with Crippen molar-refractivity contribution in [3.63, 3.8) is 0 Å². The summed E-state index contributed by atoms with van der Waals surface area (Å²) in [5, 5.41) is 2.57. The monoisotopic (exact) mass is 367 g/mol. The van der Waals surface area contributed by atoms with Crippen molar-refractivity contribution in [2.24, 2.45) is 0 Å². The van der Waals surface area contributed by atoms with Gasteiger partial charge in [0.1, 0.15) is 0 Å². The van der Waals surface area contributed by atoms with Gasteiger partial charge in [0.05, 0.1) is 0 Å². The van der Waals surface area contributed by atoms with Crippen LogP contribution in [-0.4, -0.2) is 0 Å². The molecule has 0 unspecified atom stereocenters. The van der Waals surface area contributed by atoms with E-state index in [1.54, 1.807) is 18.7 Å². The summed E-state index contributed by atoms with van der Waals surface area (Å²) >= 11 is 0. The zero-order chi connectivity index (χ0) is 5.54. The Hall–Kier alpha value is 1.10. The van der Waals surface area contributed by atoms with E-state index in [-0.39, 0.29) is 53.8 Å². The average molecular weight is 367 g/mol. The van der Waals surface area contributed by atoms with Crippen LogP contribution >= 0.6 is 0 Å². The maximum Gasteiger partial charge on any atom is 0 e. The molecule has 0 rings (SSSR count). The van der Waals surface area contributed by atoms with Crippen LogP contribution in [0.5, 0.6) is 0 Å². The number of nitrogens with one attached hydrogen (secondary N) is 1. The van der Waals surface area contributed by atoms with Gasteiger partial charge in [0, 0.05) is 53.8 Å². The van der Waals surface area contributed by atoms with Crippen LogP contribution in [-0.2, 0) is 53.8 Å². The average Bonchev–Trinajstić information content (AvgIpc) is 1.69. The van der Waals surface area contributed by atoms with Crippen molar-refractivity contribution < 1.29 is 53.8 Å². The van der Waals surface area contributed by atoms with Crippen molar-refractivity contribution >= 4 is 0 Å². The molecule has 0 saturated carbocycles. The third-order valence-corrected chi connectivity index (χ3v) is 0.436. The summed E-state index contributed by atoms with van der Waals surface area (Å²) in [4.78, 5) is 0. The van der Waals surface area contributed by atoms with Gasteiger partial charge in [-0.1, -0.05) is 0 Å². The van der Waals surface area contributed by atoms with Crippen LogP contribution in [0, 0.1) is 20.2 Å². The first kappa shape index (κ1) is 16.6. The van der Waals surface area contributed by atoms with Crippen LogP contribution in [0.4, 0.5) is 0 Å². The molecule has 9 heavy (non-hydrogen) atoms. The van der Waals surface area contributed by atoms with Crippen LogP contribution in [0.15, 0.2) is 18.2 Å². The second kappa shape index (κ2) is 16.0. The van der Waals surface area contributed by atoms with E-state index >= 15 is 0 Å². The van der Waals surface area contributed by atoms with Crippen molar-refractivity contribution in [2.45, 2.75) is 0 Å². The van der Waals surface area contributed by atoms with Gasteiger partial charge in [0.2, 0.25) is 0 Å². The summed E-state index contributed by atoms with van der Waals surface area (Å²) in [5.41, 5.74) is 0. The van der Waals surface area contributed by atoms with Crippen molar-refractivity contribution in [2.75, 3.05) is 0 Å². The second-order valence-corrected chi connectivity index (χ2v) is 0.948. The first-order chi connectivity index (χ1) is 3.41. The van der Waals surface area contributed by atoms with Gasteiger partial charge in [-0.3, -0.25) is 13.6 Å². The zero-order valence-corrected chi connectivity index (χ0v) is 10.9. The Morgan fingerprint density at radius 2 is 2.11 bits per heavy atom. The molecular weight excluding hydrogens is 359 g/mol. The van der Waals surface area contributed by atoms with Crippen LogP contribution in [0.1, 0.15) is 0 Å². The minimum Gasteiger partial charge on any atom is -0.530 e. The minimum atomic E-state index is 0. The van der Waals surface area contributed by atoms with Crippen LogP contribution < -0.4 is 5.32 Å². The fourth-order valence-electron chi connectivity index (χ4n) is 0.188. The molecule has 0 fully saturated rings. The zero-order valence-electron chi connectivity index (χ0n) is 5.08. The maximum atomic E-state index is 4.99. The van der Waals surface area contributed by atoms with Crippen molar-refractivity contribution in [3.8, 4) is 0 Å². The Kier molecular flexibility index (Phi) is 29.6. The fraction of sp³-hybridized carbons (Fsp3) is 0. The Morgan fingerprint density at radius 1 is 1.56 bits per heavy atom. The van der Waals surface area contributed by atoms with E-state index in [0.717, 1.165) is 0 Å². The van der Waals surface area contributed by atoms with E-state index in [9.17, 15) is 0 Å². The summed E-state index contributed by atoms with van der Waals surface area (Å²) < 4.78 is 0. The Balaban J connectivity index is -0.000000180. The van der Waals surface area contributed by atoms with Gasteiger partial charge in [-0.25, -0.2) is 24.8 Å². The quantitative estimate of drug-likeness (QED) is 0.582. The predicted octanol–water partition coefficient (Wildman–Crippen LogP) is 1.07. The van der Waals surface area contributed by atoms with Crippen molar-refractivity contribution in [3.05, 3.63) is 38.4 Å². The van der Waals surface area contributed by atoms with Crippen LogP contribution in [0.3, 0.4) is 0 Å². The molecule has 1 N–H and O–H groups in total. The normalized spacial score (nSPS) is 7.22. The Bertz CT molecular complexity index is 73.5. The van der Waals surface area contributed by atoms with Gasteiger partial charge in [-0.15, -0.1) is 0 Å². The summed E-state index contributed by atoms with van der Waals surface area (Å²) in [7, 11) is 3.35. The molecule has 0 saturated heterocycles. The topological polar surface area (TPSA) is 12.0 Å². The summed E-state index contributed by atoms with van der Waals surface area (Å²) in [6, 6.07) is 0. The summed E-state index contributed by atoms with van der Waals surface area (Å²) in [6.07, 6.45) is 4.92. The van der Waals surface area contributed by atoms with Crippen molar-refractivity contribution in [1.29, 1.82) is 0 Å². The molecule has 49 valence electrons. The third-order valence-electron chi connectivity index (χ3n) is 0.436. The van der Waals surface area contributed by atoms with E-state index in [2.05, 4.69) is 12.4 Å². The maximum absolute atomic E-state index is 4.99. The first-order valence-corrected chi connectivity index (χ1v) is 1.98. The molecule has 0 aromatic rings. The smallest absolute Gasteiger partial charge is 0 e. The van der Waals surface area contributed by atoms with Gasteiger partial charge in [0.25, 0.3) is 0 Å². The molecule has 0 aliphatic heterocycles. The van der Waals surface area contributed by atoms with Gasteiger partial charge in [-0.2, -0.15) is 0 Å². The molecule has 1 nitrogen and oxygen atoms in total. The van der Waals surface area contributed by atoms with E-state index in [0.29, 0.717) is 0 Å². The molecule has 0 aliphatic carbocycles. The predicted molar refractivity (Wildman–Crippen MR) is 30.8 cm³/mol. The Labute approximate surface area is 96.5 Å². The number of allylic oxidation sites excluding steroid dienone is 2. The molecule has 0 atom stereocenters. The molecular formula is C6H8NWY-3. The molecule has 1 radical (unpaired) electrons. The number of rotatable bonds is 3. The molecule has 0 aliphatic rings. The summed E-state index contributed by atoms with van der Waals surface area (Å²) in [5.74, 6) is 0. The van der Waals surface area contributed by atoms with E-state index < -0.39 is 0 Å². The molecule has 3 heteroatoms. The number of hydrogen-bond acceptors (Lipinski definition) is 1. The van der Waals surface area contributed by atoms with E-state index in [1.165, 1.54) is 6.08 Å². The minimum absolute atomic E-state index is 0. The first-order valence-electron chi connectivity index (χ1n) is 1.98. The van der Waals surface area contributed by atoms with Crippen LogP contribution in [0.2, 0.25) is 0 Å². The SMILES string of the molecule is [CH-]=C/C=C\[CH-]N[CH2-].[W].[Y]. The fourth-order valence-corrected chi connectivity index (χ4v) is 0.188. The standard InChI is InChI=1S/C6H8N.W.Y/c1-3-4-5-6-7-2;;/h1,3-7H,2H2;;/q-3;;/b5-4-;;. The van der Waals surface area contributed by atoms with Gasteiger partial charge in [-0.05, 0) is 0 Å². The Morgan fingerprint density at radius 3 is 2.44 bits per heavy atom. The van der Waals surface area contributed by atoms with Gasteiger partial charge >= 0.3 is 0 Å². The molecule has 0 amide bonds. The van der Waals surface area contributed by atoms with Crippen LogP contribution in [0.25, 0.3) is 0 Å².